The number of nitrogens with zero attached hydrogens (tertiary/aromatic N) is 1. The monoisotopic (exact) mass is 688 g/mol. The van der Waals surface area contributed by atoms with E-state index in [4.69, 9.17) is 23.2 Å². The van der Waals surface area contributed by atoms with Crippen LogP contribution < -0.4 is 15.4 Å². The fourth-order valence-electron chi connectivity index (χ4n) is 5.61. The Morgan fingerprint density at radius 1 is 1.02 bits per heavy atom. The molecular formula is C30H27Cl2F5N4O3S. The highest BCUT2D eigenvalue weighted by molar-refractivity contribution is 7.93. The first-order chi connectivity index (χ1) is 20.8. The number of halogens is 7. The smallest absolute Gasteiger partial charge is 0.325 e. The number of hydrogen-bond acceptors (Lipinski definition) is 5. The maximum Gasteiger partial charge on any atom is 0.516 e. The van der Waals surface area contributed by atoms with Crippen molar-refractivity contribution in [1.82, 2.24) is 5.32 Å². The lowest BCUT2D eigenvalue weighted by atomic mass is 9.62. The standard InChI is InChI=1S/C30H27Cl2F5N4O3S/c1-28(2,3)14-23-29(15-38,20-12-7-16(31)13-22(20)33)24(19-5-4-6-21(32)25(19)34)26(40-23)27(42)39-17-8-10-18(11-9-17)41-45(43,44)30(35,36)37/h4-13,23-24,26,40-41H,14H2,1-3H3,(H,39,42). The molecule has 7 nitrogen and oxygen atoms in total. The van der Waals surface area contributed by atoms with Gasteiger partial charge >= 0.3 is 15.5 Å². The molecule has 3 N–H and O–H groups in total. The second kappa shape index (κ2) is 12.4. The zero-order chi connectivity index (χ0) is 33.5. The van der Waals surface area contributed by atoms with Gasteiger partial charge in [-0.05, 0) is 59.9 Å². The SMILES string of the molecule is CC(C)(C)CC1NC(C(=O)Nc2ccc(NS(=O)(=O)C(F)(F)F)cc2)C(c2cccc(Cl)c2F)C1(C#N)c1ccc(Cl)cc1F. The largest absolute Gasteiger partial charge is 0.516 e. The van der Waals surface area contributed by atoms with Crippen molar-refractivity contribution in [3.63, 3.8) is 0 Å². The van der Waals surface area contributed by atoms with Crippen molar-refractivity contribution < 1.29 is 35.2 Å². The molecule has 0 radical (unpaired) electrons. The Balaban J connectivity index is 1.82. The average molecular weight is 690 g/mol. The fraction of sp³-hybridized carbons (Fsp3) is 0.333. The van der Waals surface area contributed by atoms with Gasteiger partial charge in [-0.3, -0.25) is 9.52 Å². The molecule has 45 heavy (non-hydrogen) atoms. The van der Waals surface area contributed by atoms with Crippen molar-refractivity contribution in [3.05, 3.63) is 93.5 Å². The predicted molar refractivity (Wildman–Crippen MR) is 161 cm³/mol. The molecule has 15 heteroatoms. The summed E-state index contributed by atoms with van der Waals surface area (Å²) in [5.41, 5.74) is -8.49. The molecule has 0 bridgehead atoms. The van der Waals surface area contributed by atoms with Crippen LogP contribution in [0.25, 0.3) is 0 Å². The molecule has 0 aliphatic carbocycles. The van der Waals surface area contributed by atoms with Crippen LogP contribution in [0.5, 0.6) is 0 Å². The summed E-state index contributed by atoms with van der Waals surface area (Å²) in [6.07, 6.45) is 0.235. The molecule has 0 saturated carbocycles. The number of amides is 1. The molecule has 4 unspecified atom stereocenters. The molecule has 240 valence electrons. The second-order valence-electron chi connectivity index (χ2n) is 11.8. The first kappa shape index (κ1) is 34.4. The van der Waals surface area contributed by atoms with Gasteiger partial charge in [-0.2, -0.15) is 26.9 Å². The lowest BCUT2D eigenvalue weighted by Crippen LogP contribution is -2.45. The Bertz CT molecular complexity index is 1760. The van der Waals surface area contributed by atoms with Crippen LogP contribution in [0, 0.1) is 28.4 Å². The summed E-state index contributed by atoms with van der Waals surface area (Å²) >= 11 is 12.1. The molecule has 1 fully saturated rings. The van der Waals surface area contributed by atoms with Crippen LogP contribution in [0.2, 0.25) is 10.0 Å². The van der Waals surface area contributed by atoms with Gasteiger partial charge in [0.05, 0.1) is 17.1 Å². The molecule has 1 aliphatic rings. The van der Waals surface area contributed by atoms with E-state index in [9.17, 15) is 31.6 Å². The summed E-state index contributed by atoms with van der Waals surface area (Å²) in [6, 6.07) is 12.1. The third-order valence-corrected chi connectivity index (χ3v) is 9.08. The molecule has 1 amide bonds. The normalized spacial score (nSPS) is 22.1. The second-order valence-corrected chi connectivity index (χ2v) is 14.3. The van der Waals surface area contributed by atoms with Gasteiger partial charge in [0.1, 0.15) is 17.0 Å². The lowest BCUT2D eigenvalue weighted by Gasteiger charge is -2.37. The zero-order valence-electron chi connectivity index (χ0n) is 23.9. The summed E-state index contributed by atoms with van der Waals surface area (Å²) in [5, 5.41) is 16.4. The van der Waals surface area contributed by atoms with Crippen LogP contribution in [0.4, 0.5) is 33.3 Å². The number of nitriles is 1. The summed E-state index contributed by atoms with van der Waals surface area (Å²) in [4.78, 5) is 13.9. The van der Waals surface area contributed by atoms with E-state index in [0.29, 0.717) is 0 Å². The maximum absolute atomic E-state index is 15.8. The van der Waals surface area contributed by atoms with Gasteiger partial charge in [-0.1, -0.05) is 62.2 Å². The maximum atomic E-state index is 15.8. The first-order valence-corrected chi connectivity index (χ1v) is 15.6. The van der Waals surface area contributed by atoms with Crippen molar-refractivity contribution >= 4 is 50.5 Å². The van der Waals surface area contributed by atoms with E-state index in [0.717, 1.165) is 30.3 Å². The Kier molecular flexibility index (Phi) is 9.49. The van der Waals surface area contributed by atoms with Gasteiger partial charge in [0.25, 0.3) is 0 Å². The number of anilines is 2. The minimum atomic E-state index is -5.68. The molecule has 1 aliphatic heterocycles. The molecule has 4 atom stereocenters. The van der Waals surface area contributed by atoms with Crippen LogP contribution in [0.3, 0.4) is 0 Å². The summed E-state index contributed by atoms with van der Waals surface area (Å²) in [5.74, 6) is -3.87. The van der Waals surface area contributed by atoms with Crippen LogP contribution in [0.1, 0.15) is 44.2 Å². The van der Waals surface area contributed by atoms with Crippen molar-refractivity contribution in [3.8, 4) is 6.07 Å². The van der Waals surface area contributed by atoms with Crippen LogP contribution in [-0.2, 0) is 20.2 Å². The van der Waals surface area contributed by atoms with Gasteiger partial charge in [-0.15, -0.1) is 0 Å². The summed E-state index contributed by atoms with van der Waals surface area (Å²) in [7, 11) is -5.68. The Labute approximate surface area is 266 Å². The molecular weight excluding hydrogens is 662 g/mol. The fourth-order valence-corrected chi connectivity index (χ4v) is 6.51. The van der Waals surface area contributed by atoms with Gasteiger partial charge in [-0.25, -0.2) is 8.78 Å². The van der Waals surface area contributed by atoms with Gasteiger partial charge in [0.15, 0.2) is 0 Å². The minimum Gasteiger partial charge on any atom is -0.325 e. The third kappa shape index (κ3) is 6.89. The van der Waals surface area contributed by atoms with Gasteiger partial charge < -0.3 is 10.6 Å². The third-order valence-electron chi connectivity index (χ3n) is 7.44. The van der Waals surface area contributed by atoms with Crippen LogP contribution in [0.15, 0.2) is 60.7 Å². The van der Waals surface area contributed by atoms with Crippen LogP contribution >= 0.6 is 23.2 Å². The Morgan fingerprint density at radius 3 is 2.20 bits per heavy atom. The van der Waals surface area contributed by atoms with E-state index < -0.39 is 67.6 Å². The van der Waals surface area contributed by atoms with Gasteiger partial charge in [0, 0.05) is 33.9 Å². The Morgan fingerprint density at radius 2 is 1.64 bits per heavy atom. The van der Waals surface area contributed by atoms with Crippen molar-refractivity contribution in [2.45, 2.75) is 56.1 Å². The van der Waals surface area contributed by atoms with E-state index in [2.05, 4.69) is 16.7 Å². The van der Waals surface area contributed by atoms with Crippen molar-refractivity contribution in [2.75, 3.05) is 10.0 Å². The summed E-state index contributed by atoms with van der Waals surface area (Å²) in [6.45, 7) is 5.64. The number of carbonyl (C=O) groups is 1. The number of hydrogen-bond donors (Lipinski definition) is 3. The highest BCUT2D eigenvalue weighted by Gasteiger charge is 2.61. The zero-order valence-corrected chi connectivity index (χ0v) is 26.3. The number of alkyl halides is 3. The molecule has 3 aromatic carbocycles. The topological polar surface area (TPSA) is 111 Å². The highest BCUT2D eigenvalue weighted by atomic mass is 35.5. The minimum absolute atomic E-state index is 0.0431. The highest BCUT2D eigenvalue weighted by Crippen LogP contribution is 2.53. The molecule has 3 aromatic rings. The molecule has 4 rings (SSSR count). The average Bonchev–Trinajstić information content (AvgIpc) is 3.23. The number of sulfonamides is 1. The van der Waals surface area contributed by atoms with Gasteiger partial charge in [0.2, 0.25) is 5.91 Å². The van der Waals surface area contributed by atoms with E-state index >= 15 is 8.78 Å². The number of rotatable bonds is 7. The predicted octanol–water partition coefficient (Wildman–Crippen LogP) is 7.49. The quantitative estimate of drug-likeness (QED) is 0.223. The number of nitrogens with one attached hydrogen (secondary N) is 3. The number of benzene rings is 3. The van der Waals surface area contributed by atoms with E-state index in [1.807, 2.05) is 20.8 Å². The summed E-state index contributed by atoms with van der Waals surface area (Å²) < 4.78 is 94.0. The Hall–Kier alpha value is -3.44. The lowest BCUT2D eigenvalue weighted by molar-refractivity contribution is -0.118. The first-order valence-electron chi connectivity index (χ1n) is 13.4. The molecule has 0 aromatic heterocycles. The van der Waals surface area contributed by atoms with E-state index in [1.165, 1.54) is 35.1 Å². The molecule has 1 saturated heterocycles. The molecule has 0 spiro atoms. The van der Waals surface area contributed by atoms with Crippen molar-refractivity contribution in [2.24, 2.45) is 5.41 Å². The number of carbonyl (C=O) groups excluding carboxylic acids is 1. The van der Waals surface area contributed by atoms with E-state index in [-0.39, 0.29) is 33.3 Å². The molecule has 1 heterocycles. The van der Waals surface area contributed by atoms with Crippen LogP contribution in [-0.4, -0.2) is 31.9 Å². The van der Waals surface area contributed by atoms with E-state index in [1.54, 1.807) is 0 Å². The van der Waals surface area contributed by atoms with Crippen molar-refractivity contribution in [1.29, 1.82) is 5.26 Å².